The number of esters is 2. The van der Waals surface area contributed by atoms with Gasteiger partial charge in [0.2, 0.25) is 5.91 Å². The van der Waals surface area contributed by atoms with E-state index in [1.807, 2.05) is 0 Å². The van der Waals surface area contributed by atoms with Crippen molar-refractivity contribution in [1.29, 1.82) is 0 Å². The number of rotatable bonds is 4. The molecule has 6 nitrogen and oxygen atoms in total. The number of carbonyl (C=O) groups excluding carboxylic acids is 3. The number of hydrogen-bond donors (Lipinski definition) is 0. The van der Waals surface area contributed by atoms with Crippen LogP contribution in [0.25, 0.3) is 0 Å². The fraction of sp³-hybridized carbons (Fsp3) is 0.769. The van der Waals surface area contributed by atoms with Crippen molar-refractivity contribution in [2.75, 3.05) is 19.8 Å². The van der Waals surface area contributed by atoms with E-state index in [9.17, 15) is 14.4 Å². The van der Waals surface area contributed by atoms with Crippen molar-refractivity contribution in [3.8, 4) is 0 Å². The third-order valence-corrected chi connectivity index (χ3v) is 3.92. The van der Waals surface area contributed by atoms with Gasteiger partial charge in [0, 0.05) is 13.0 Å². The molecule has 19 heavy (non-hydrogen) atoms. The monoisotopic (exact) mass is 269 g/mol. The molecule has 0 spiro atoms. The van der Waals surface area contributed by atoms with Crippen molar-refractivity contribution in [2.45, 2.75) is 39.2 Å². The average Bonchev–Trinajstić information content (AvgIpc) is 2.92. The quantitative estimate of drug-likeness (QED) is 0.548. The highest BCUT2D eigenvalue weighted by atomic mass is 16.6. The lowest BCUT2D eigenvalue weighted by Gasteiger charge is -2.30. The van der Waals surface area contributed by atoms with Crippen LogP contribution in [0.15, 0.2) is 0 Å². The van der Waals surface area contributed by atoms with Crippen LogP contribution in [0.2, 0.25) is 0 Å². The van der Waals surface area contributed by atoms with E-state index < -0.39 is 23.4 Å². The van der Waals surface area contributed by atoms with Gasteiger partial charge in [0.1, 0.15) is 0 Å². The second-order valence-electron chi connectivity index (χ2n) is 4.80. The molecule has 0 bridgehead atoms. The van der Waals surface area contributed by atoms with E-state index in [-0.39, 0.29) is 19.1 Å². The molecule has 1 atom stereocenters. The van der Waals surface area contributed by atoms with Crippen molar-refractivity contribution in [2.24, 2.45) is 5.41 Å². The minimum absolute atomic E-state index is 0.000437. The molecule has 2 heterocycles. The van der Waals surface area contributed by atoms with E-state index in [0.717, 1.165) is 0 Å². The zero-order valence-corrected chi connectivity index (χ0v) is 11.3. The van der Waals surface area contributed by atoms with Crippen LogP contribution >= 0.6 is 0 Å². The first kappa shape index (κ1) is 13.8. The Morgan fingerprint density at radius 2 is 1.84 bits per heavy atom. The molecule has 2 aliphatic rings. The van der Waals surface area contributed by atoms with Gasteiger partial charge in [0.05, 0.1) is 19.3 Å². The van der Waals surface area contributed by atoms with E-state index in [0.29, 0.717) is 25.8 Å². The third kappa shape index (κ3) is 1.99. The van der Waals surface area contributed by atoms with Gasteiger partial charge in [-0.15, -0.1) is 0 Å². The van der Waals surface area contributed by atoms with Gasteiger partial charge < -0.3 is 14.4 Å². The molecule has 0 aromatic rings. The van der Waals surface area contributed by atoms with Crippen molar-refractivity contribution < 1.29 is 23.9 Å². The zero-order chi connectivity index (χ0) is 14.0. The maximum absolute atomic E-state index is 12.3. The van der Waals surface area contributed by atoms with E-state index in [1.165, 1.54) is 0 Å². The minimum Gasteiger partial charge on any atom is -0.465 e. The Morgan fingerprint density at radius 1 is 1.26 bits per heavy atom. The fourth-order valence-corrected chi connectivity index (χ4v) is 3.07. The number of ether oxygens (including phenoxy) is 2. The number of carbonyl (C=O) groups is 3. The zero-order valence-electron chi connectivity index (χ0n) is 11.3. The van der Waals surface area contributed by atoms with Gasteiger partial charge in [-0.2, -0.15) is 0 Å². The molecule has 0 N–H and O–H groups in total. The summed E-state index contributed by atoms with van der Waals surface area (Å²) in [7, 11) is 0. The highest BCUT2D eigenvalue weighted by Crippen LogP contribution is 2.45. The Balaban J connectivity index is 2.33. The summed E-state index contributed by atoms with van der Waals surface area (Å²) in [5.74, 6) is -1.12. The lowest BCUT2D eigenvalue weighted by molar-refractivity contribution is -0.173. The summed E-state index contributed by atoms with van der Waals surface area (Å²) in [4.78, 5) is 37.9. The van der Waals surface area contributed by atoms with Crippen LogP contribution in [-0.4, -0.2) is 48.5 Å². The predicted octanol–water partition coefficient (Wildman–Crippen LogP) is 0.494. The third-order valence-electron chi connectivity index (χ3n) is 3.92. The van der Waals surface area contributed by atoms with Crippen LogP contribution in [0.5, 0.6) is 0 Å². The maximum atomic E-state index is 12.3. The first-order chi connectivity index (χ1) is 9.07. The minimum atomic E-state index is -1.32. The van der Waals surface area contributed by atoms with Crippen LogP contribution in [0.1, 0.15) is 33.1 Å². The molecular formula is C13H19NO5. The SMILES string of the molecule is CCOC(=O)C1(C(=O)OCC)CCN2C(=O)CCC21. The molecule has 1 unspecified atom stereocenters. The summed E-state index contributed by atoms with van der Waals surface area (Å²) in [6.45, 7) is 4.23. The molecule has 0 aromatic heterocycles. The van der Waals surface area contributed by atoms with Crippen molar-refractivity contribution in [3.63, 3.8) is 0 Å². The van der Waals surface area contributed by atoms with Crippen LogP contribution < -0.4 is 0 Å². The van der Waals surface area contributed by atoms with Gasteiger partial charge in [0.15, 0.2) is 5.41 Å². The van der Waals surface area contributed by atoms with E-state index >= 15 is 0 Å². The van der Waals surface area contributed by atoms with Crippen molar-refractivity contribution in [3.05, 3.63) is 0 Å². The molecule has 106 valence electrons. The van der Waals surface area contributed by atoms with Crippen LogP contribution in [0, 0.1) is 5.41 Å². The first-order valence-electron chi connectivity index (χ1n) is 6.71. The molecule has 2 aliphatic heterocycles. The average molecular weight is 269 g/mol. The standard InChI is InChI=1S/C13H19NO5/c1-3-18-11(16)13(12(17)19-4-2)7-8-14-9(13)5-6-10(14)15/h9H,3-8H2,1-2H3. The normalized spacial score (nSPS) is 24.2. The molecule has 2 fully saturated rings. The summed E-state index contributed by atoms with van der Waals surface area (Å²) in [6, 6.07) is -0.405. The van der Waals surface area contributed by atoms with Crippen LogP contribution in [-0.2, 0) is 23.9 Å². The van der Waals surface area contributed by atoms with Gasteiger partial charge in [-0.25, -0.2) is 0 Å². The summed E-state index contributed by atoms with van der Waals surface area (Å²) >= 11 is 0. The molecule has 2 rings (SSSR count). The highest BCUT2D eigenvalue weighted by Gasteiger charge is 2.63. The Morgan fingerprint density at radius 3 is 2.37 bits per heavy atom. The van der Waals surface area contributed by atoms with Crippen molar-refractivity contribution in [1.82, 2.24) is 4.90 Å². The Bertz CT molecular complexity index is 388. The lowest BCUT2D eigenvalue weighted by Crippen LogP contribution is -2.49. The number of fused-ring (bicyclic) bond motifs is 1. The molecule has 2 saturated heterocycles. The smallest absolute Gasteiger partial charge is 0.325 e. The first-order valence-corrected chi connectivity index (χ1v) is 6.71. The van der Waals surface area contributed by atoms with Gasteiger partial charge in [-0.3, -0.25) is 14.4 Å². The molecule has 0 saturated carbocycles. The lowest BCUT2D eigenvalue weighted by atomic mass is 9.79. The second kappa shape index (κ2) is 5.19. The maximum Gasteiger partial charge on any atom is 0.325 e. The van der Waals surface area contributed by atoms with Crippen LogP contribution in [0.3, 0.4) is 0 Å². The molecular weight excluding hydrogens is 250 g/mol. The van der Waals surface area contributed by atoms with Crippen molar-refractivity contribution >= 4 is 17.8 Å². The topological polar surface area (TPSA) is 72.9 Å². The summed E-state index contributed by atoms with van der Waals surface area (Å²) in [5, 5.41) is 0. The summed E-state index contributed by atoms with van der Waals surface area (Å²) < 4.78 is 10.1. The van der Waals surface area contributed by atoms with Crippen LogP contribution in [0.4, 0.5) is 0 Å². The highest BCUT2D eigenvalue weighted by molar-refractivity contribution is 6.03. The van der Waals surface area contributed by atoms with E-state index in [4.69, 9.17) is 9.47 Å². The molecule has 6 heteroatoms. The molecule has 0 aliphatic carbocycles. The molecule has 0 aromatic carbocycles. The summed E-state index contributed by atoms with van der Waals surface area (Å²) in [6.07, 6.45) is 1.18. The largest absolute Gasteiger partial charge is 0.465 e. The number of amides is 1. The Kier molecular flexibility index (Phi) is 3.78. The molecule has 0 radical (unpaired) electrons. The van der Waals surface area contributed by atoms with E-state index in [2.05, 4.69) is 0 Å². The number of hydrogen-bond acceptors (Lipinski definition) is 5. The van der Waals surface area contributed by atoms with Gasteiger partial charge in [-0.05, 0) is 26.7 Å². The van der Waals surface area contributed by atoms with Gasteiger partial charge >= 0.3 is 11.9 Å². The number of nitrogens with zero attached hydrogens (tertiary/aromatic N) is 1. The van der Waals surface area contributed by atoms with Gasteiger partial charge in [0.25, 0.3) is 0 Å². The summed E-state index contributed by atoms with van der Waals surface area (Å²) in [5.41, 5.74) is -1.32. The second-order valence-corrected chi connectivity index (χ2v) is 4.80. The predicted molar refractivity (Wildman–Crippen MR) is 65.1 cm³/mol. The van der Waals surface area contributed by atoms with Gasteiger partial charge in [-0.1, -0.05) is 0 Å². The fourth-order valence-electron chi connectivity index (χ4n) is 3.07. The Hall–Kier alpha value is -1.59. The van der Waals surface area contributed by atoms with E-state index in [1.54, 1.807) is 18.7 Å². The Labute approximate surface area is 112 Å². The molecule has 1 amide bonds.